The Hall–Kier alpha value is -3.55. The molecule has 0 unspecified atom stereocenters. The lowest BCUT2D eigenvalue weighted by molar-refractivity contribution is -0.137. The highest BCUT2D eigenvalue weighted by Crippen LogP contribution is 2.31. The van der Waals surface area contributed by atoms with Crippen LogP contribution in [0.2, 0.25) is 0 Å². The second-order valence-corrected chi connectivity index (χ2v) is 5.58. The smallest absolute Gasteiger partial charge is 0.354 e. The van der Waals surface area contributed by atoms with E-state index in [1.165, 1.54) is 18.3 Å². The topological polar surface area (TPSA) is 66.1 Å². The lowest BCUT2D eigenvalue weighted by Crippen LogP contribution is -2.19. The molecule has 1 heterocycles. The van der Waals surface area contributed by atoms with Crippen molar-refractivity contribution < 1.29 is 18.0 Å². The van der Waals surface area contributed by atoms with Gasteiger partial charge >= 0.3 is 12.2 Å². The second kappa shape index (κ2) is 7.77. The van der Waals surface area contributed by atoms with E-state index in [1.54, 1.807) is 36.4 Å². The number of para-hydroxylation sites is 1. The molecule has 2 amide bonds. The fraction of sp³-hybridized carbons (Fsp3) is 0.0526. The molecule has 138 valence electrons. The quantitative estimate of drug-likeness (QED) is 0.567. The van der Waals surface area contributed by atoms with Crippen LogP contribution in [0.25, 0.3) is 0 Å². The molecule has 0 aliphatic rings. The molecule has 5 nitrogen and oxygen atoms in total. The number of anilines is 4. The van der Waals surface area contributed by atoms with Crippen molar-refractivity contribution in [2.24, 2.45) is 0 Å². The van der Waals surface area contributed by atoms with Crippen LogP contribution < -0.4 is 16.0 Å². The van der Waals surface area contributed by atoms with Crippen molar-refractivity contribution in [3.05, 3.63) is 78.5 Å². The summed E-state index contributed by atoms with van der Waals surface area (Å²) in [6.45, 7) is 0. The first-order valence-electron chi connectivity index (χ1n) is 7.93. The molecular formula is C19H15F3N4O. The van der Waals surface area contributed by atoms with Gasteiger partial charge < -0.3 is 10.6 Å². The number of rotatable bonds is 4. The zero-order valence-corrected chi connectivity index (χ0v) is 13.9. The Bertz CT molecular complexity index is 912. The van der Waals surface area contributed by atoms with Crippen LogP contribution in [0.1, 0.15) is 5.56 Å². The molecule has 0 atom stereocenters. The number of carbonyl (C=O) groups is 1. The fourth-order valence-corrected chi connectivity index (χ4v) is 2.28. The first-order chi connectivity index (χ1) is 12.9. The molecule has 27 heavy (non-hydrogen) atoms. The van der Waals surface area contributed by atoms with Gasteiger partial charge in [-0.2, -0.15) is 13.2 Å². The highest BCUT2D eigenvalue weighted by molar-refractivity contribution is 5.99. The summed E-state index contributed by atoms with van der Waals surface area (Å²) in [6.07, 6.45) is -2.99. The van der Waals surface area contributed by atoms with Crippen LogP contribution >= 0.6 is 0 Å². The van der Waals surface area contributed by atoms with Gasteiger partial charge in [0.1, 0.15) is 5.82 Å². The molecule has 0 aliphatic heterocycles. The standard InChI is InChI=1S/C19H15F3N4O/c20-19(21,22)13-5-4-8-15(11-13)24-16-9-10-17(23-12-16)26-18(27)25-14-6-2-1-3-7-14/h1-12,24H,(H2,23,25,26,27). The summed E-state index contributed by atoms with van der Waals surface area (Å²) in [4.78, 5) is 16.0. The Kier molecular flexibility index (Phi) is 5.25. The van der Waals surface area contributed by atoms with Crippen LogP contribution in [0.15, 0.2) is 72.9 Å². The maximum absolute atomic E-state index is 12.8. The number of halogens is 3. The van der Waals surface area contributed by atoms with Crippen molar-refractivity contribution in [1.29, 1.82) is 0 Å². The Morgan fingerprint density at radius 1 is 0.815 bits per heavy atom. The van der Waals surface area contributed by atoms with Crippen molar-refractivity contribution in [3.8, 4) is 0 Å². The minimum absolute atomic E-state index is 0.286. The van der Waals surface area contributed by atoms with Gasteiger partial charge in [0.05, 0.1) is 17.4 Å². The van der Waals surface area contributed by atoms with Crippen molar-refractivity contribution in [3.63, 3.8) is 0 Å². The third-order valence-corrected chi connectivity index (χ3v) is 3.52. The number of nitrogens with zero attached hydrogens (tertiary/aromatic N) is 1. The van der Waals surface area contributed by atoms with Crippen LogP contribution in [-0.2, 0) is 6.18 Å². The summed E-state index contributed by atoms with van der Waals surface area (Å²) in [5, 5.41) is 8.07. The molecule has 0 bridgehead atoms. The molecule has 0 fully saturated rings. The molecule has 0 saturated carbocycles. The minimum Gasteiger partial charge on any atom is -0.354 e. The number of aromatic nitrogens is 1. The molecule has 0 radical (unpaired) electrons. The van der Waals surface area contributed by atoms with Gasteiger partial charge in [-0.1, -0.05) is 24.3 Å². The molecule has 1 aromatic heterocycles. The monoisotopic (exact) mass is 372 g/mol. The summed E-state index contributed by atoms with van der Waals surface area (Å²) in [5.41, 5.74) is 0.673. The maximum atomic E-state index is 12.8. The van der Waals surface area contributed by atoms with Crippen molar-refractivity contribution in [2.45, 2.75) is 6.18 Å². The van der Waals surface area contributed by atoms with Gasteiger partial charge in [0.2, 0.25) is 0 Å². The number of hydrogen-bond donors (Lipinski definition) is 3. The first-order valence-corrected chi connectivity index (χ1v) is 7.93. The summed E-state index contributed by atoms with van der Waals surface area (Å²) >= 11 is 0. The average Bonchev–Trinajstić information content (AvgIpc) is 2.64. The van der Waals surface area contributed by atoms with Gasteiger partial charge in [-0.3, -0.25) is 5.32 Å². The zero-order valence-electron chi connectivity index (χ0n) is 13.9. The van der Waals surface area contributed by atoms with E-state index in [1.807, 2.05) is 6.07 Å². The van der Waals surface area contributed by atoms with Gasteiger partial charge in [-0.25, -0.2) is 9.78 Å². The first kappa shape index (κ1) is 18.2. The van der Waals surface area contributed by atoms with Gasteiger partial charge in [-0.05, 0) is 42.5 Å². The van der Waals surface area contributed by atoms with Crippen LogP contribution in [0, 0.1) is 0 Å². The lowest BCUT2D eigenvalue weighted by Gasteiger charge is -2.11. The van der Waals surface area contributed by atoms with Gasteiger partial charge in [-0.15, -0.1) is 0 Å². The molecule has 2 aromatic carbocycles. The SMILES string of the molecule is O=C(Nc1ccccc1)Nc1ccc(Nc2cccc(C(F)(F)F)c2)cn1. The fourth-order valence-electron chi connectivity index (χ4n) is 2.28. The summed E-state index contributed by atoms with van der Waals surface area (Å²) in [7, 11) is 0. The van der Waals surface area contributed by atoms with E-state index in [-0.39, 0.29) is 5.69 Å². The lowest BCUT2D eigenvalue weighted by atomic mass is 10.2. The van der Waals surface area contributed by atoms with E-state index in [9.17, 15) is 18.0 Å². The number of nitrogens with one attached hydrogen (secondary N) is 3. The Labute approximate surface area is 153 Å². The highest BCUT2D eigenvalue weighted by Gasteiger charge is 2.30. The van der Waals surface area contributed by atoms with E-state index in [0.29, 0.717) is 17.2 Å². The number of urea groups is 1. The second-order valence-electron chi connectivity index (χ2n) is 5.58. The predicted octanol–water partition coefficient (Wildman–Crippen LogP) is 5.49. The summed E-state index contributed by atoms with van der Waals surface area (Å²) in [6, 6.07) is 16.5. The third-order valence-electron chi connectivity index (χ3n) is 3.52. The Balaban J connectivity index is 1.61. The molecular weight excluding hydrogens is 357 g/mol. The minimum atomic E-state index is -4.41. The largest absolute Gasteiger partial charge is 0.416 e. The van der Waals surface area contributed by atoms with Crippen LogP contribution in [-0.4, -0.2) is 11.0 Å². The van der Waals surface area contributed by atoms with Crippen LogP contribution in [0.5, 0.6) is 0 Å². The number of benzene rings is 2. The molecule has 8 heteroatoms. The maximum Gasteiger partial charge on any atom is 0.416 e. The average molecular weight is 372 g/mol. The Morgan fingerprint density at radius 3 is 2.22 bits per heavy atom. The number of alkyl halides is 3. The van der Waals surface area contributed by atoms with E-state index < -0.39 is 17.8 Å². The summed E-state index contributed by atoms with van der Waals surface area (Å²) in [5.74, 6) is 0.304. The van der Waals surface area contributed by atoms with Crippen LogP contribution in [0.4, 0.5) is 40.8 Å². The molecule has 3 N–H and O–H groups in total. The van der Waals surface area contributed by atoms with Crippen molar-refractivity contribution >= 4 is 28.9 Å². The summed E-state index contributed by atoms with van der Waals surface area (Å²) < 4.78 is 38.3. The van der Waals surface area contributed by atoms with E-state index in [2.05, 4.69) is 20.9 Å². The Morgan fingerprint density at radius 2 is 1.56 bits per heavy atom. The number of hydrogen-bond acceptors (Lipinski definition) is 3. The number of amides is 2. The molecule has 0 spiro atoms. The van der Waals surface area contributed by atoms with Crippen LogP contribution in [0.3, 0.4) is 0 Å². The molecule has 0 aliphatic carbocycles. The van der Waals surface area contributed by atoms with Crippen molar-refractivity contribution in [2.75, 3.05) is 16.0 Å². The van der Waals surface area contributed by atoms with Gasteiger partial charge in [0.25, 0.3) is 0 Å². The van der Waals surface area contributed by atoms with Gasteiger partial charge in [0.15, 0.2) is 0 Å². The third kappa shape index (κ3) is 5.21. The normalized spacial score (nSPS) is 10.9. The number of pyridine rings is 1. The molecule has 3 aromatic rings. The van der Waals surface area contributed by atoms with Gasteiger partial charge in [0, 0.05) is 11.4 Å². The highest BCUT2D eigenvalue weighted by atomic mass is 19.4. The van der Waals surface area contributed by atoms with Crippen molar-refractivity contribution in [1.82, 2.24) is 4.98 Å². The molecule has 0 saturated heterocycles. The number of carbonyl (C=O) groups excluding carboxylic acids is 1. The van der Waals surface area contributed by atoms with E-state index in [0.717, 1.165) is 12.1 Å². The van der Waals surface area contributed by atoms with E-state index >= 15 is 0 Å². The molecule has 3 rings (SSSR count). The predicted molar refractivity (Wildman–Crippen MR) is 98.0 cm³/mol. The van der Waals surface area contributed by atoms with E-state index in [4.69, 9.17) is 0 Å². The zero-order chi connectivity index (χ0) is 19.3.